The summed E-state index contributed by atoms with van der Waals surface area (Å²) in [6, 6.07) is 3.50. The maximum Gasteiger partial charge on any atom is 0.185 e. The fourth-order valence-corrected chi connectivity index (χ4v) is 2.70. The maximum absolute atomic E-state index is 14.1. The number of hydrogen-bond acceptors (Lipinski definition) is 4. The molecule has 0 amide bonds. The summed E-state index contributed by atoms with van der Waals surface area (Å²) in [4.78, 5) is 0. The fourth-order valence-electron chi connectivity index (χ4n) is 2.70. The van der Waals surface area contributed by atoms with Crippen molar-refractivity contribution in [1.82, 2.24) is 25.9 Å². The standard InChI is InChI=1S/C12H13F2N5/c13-8-1-2-10(14)9(7-8)12(3-5-15-6-4-12)11-16-18-19-17-11/h1-2,7,15H,3-6H2,(H,16,17,18,19). The zero-order chi connectivity index (χ0) is 13.3. The van der Waals surface area contributed by atoms with Gasteiger partial charge in [0.15, 0.2) is 5.82 Å². The Balaban J connectivity index is 2.16. The minimum atomic E-state index is -0.718. The van der Waals surface area contributed by atoms with Crippen LogP contribution in [0.1, 0.15) is 24.2 Å². The van der Waals surface area contributed by atoms with E-state index < -0.39 is 17.0 Å². The van der Waals surface area contributed by atoms with Crippen LogP contribution in [0.4, 0.5) is 8.78 Å². The number of piperidine rings is 1. The molecule has 1 aliphatic heterocycles. The normalized spacial score (nSPS) is 18.4. The summed E-state index contributed by atoms with van der Waals surface area (Å²) in [5.41, 5.74) is -0.417. The Morgan fingerprint density at radius 3 is 2.63 bits per heavy atom. The van der Waals surface area contributed by atoms with Gasteiger partial charge in [0, 0.05) is 5.56 Å². The molecule has 2 aromatic rings. The highest BCUT2D eigenvalue weighted by Gasteiger charge is 2.41. The van der Waals surface area contributed by atoms with Crippen LogP contribution in [0.25, 0.3) is 0 Å². The lowest BCUT2D eigenvalue weighted by Crippen LogP contribution is -2.42. The first kappa shape index (κ1) is 12.2. The van der Waals surface area contributed by atoms with Crippen LogP contribution < -0.4 is 5.32 Å². The Labute approximate surface area is 108 Å². The Hall–Kier alpha value is -1.89. The summed E-state index contributed by atoms with van der Waals surface area (Å²) in [7, 11) is 0. The van der Waals surface area contributed by atoms with Crippen molar-refractivity contribution in [3.63, 3.8) is 0 Å². The average Bonchev–Trinajstić information content (AvgIpc) is 2.97. The van der Waals surface area contributed by atoms with E-state index in [9.17, 15) is 8.78 Å². The molecule has 5 nitrogen and oxygen atoms in total. The Morgan fingerprint density at radius 2 is 1.95 bits per heavy atom. The van der Waals surface area contributed by atoms with Gasteiger partial charge in [-0.1, -0.05) is 5.21 Å². The summed E-state index contributed by atoms with van der Waals surface area (Å²) in [6.45, 7) is 1.40. The lowest BCUT2D eigenvalue weighted by molar-refractivity contribution is 0.333. The maximum atomic E-state index is 14.1. The second-order valence-corrected chi connectivity index (χ2v) is 4.69. The van der Waals surface area contributed by atoms with Gasteiger partial charge in [0.1, 0.15) is 11.6 Å². The number of aromatic amines is 1. The SMILES string of the molecule is Fc1ccc(F)c(C2(c3nn[nH]n3)CCNCC2)c1. The van der Waals surface area contributed by atoms with E-state index in [0.717, 1.165) is 12.1 Å². The number of benzene rings is 1. The molecule has 1 aliphatic rings. The second-order valence-electron chi connectivity index (χ2n) is 4.69. The molecule has 19 heavy (non-hydrogen) atoms. The summed E-state index contributed by atoms with van der Waals surface area (Å²) in [5.74, 6) is -0.482. The smallest absolute Gasteiger partial charge is 0.185 e. The van der Waals surface area contributed by atoms with Crippen molar-refractivity contribution in [1.29, 1.82) is 0 Å². The molecule has 0 bridgehead atoms. The van der Waals surface area contributed by atoms with Crippen molar-refractivity contribution in [2.24, 2.45) is 0 Å². The molecule has 7 heteroatoms. The third kappa shape index (κ3) is 1.99. The van der Waals surface area contributed by atoms with Crippen LogP contribution in [0.5, 0.6) is 0 Å². The predicted octanol–water partition coefficient (Wildman–Crippen LogP) is 1.15. The van der Waals surface area contributed by atoms with E-state index in [1.54, 1.807) is 0 Å². The molecule has 2 N–H and O–H groups in total. The molecule has 2 heterocycles. The lowest BCUT2D eigenvalue weighted by atomic mass is 9.72. The van der Waals surface area contributed by atoms with Crippen LogP contribution in [0.3, 0.4) is 0 Å². The molecule has 1 aromatic carbocycles. The summed E-state index contributed by atoms with van der Waals surface area (Å²) < 4.78 is 27.6. The predicted molar refractivity (Wildman–Crippen MR) is 63.4 cm³/mol. The van der Waals surface area contributed by atoms with Gasteiger partial charge in [-0.25, -0.2) is 8.78 Å². The molecule has 0 saturated carbocycles. The number of nitrogens with zero attached hydrogens (tertiary/aromatic N) is 3. The van der Waals surface area contributed by atoms with Crippen molar-refractivity contribution in [3.05, 3.63) is 41.2 Å². The lowest BCUT2D eigenvalue weighted by Gasteiger charge is -2.35. The highest BCUT2D eigenvalue weighted by Crippen LogP contribution is 2.39. The number of nitrogens with one attached hydrogen (secondary N) is 2. The van der Waals surface area contributed by atoms with Crippen LogP contribution in [0.15, 0.2) is 18.2 Å². The molecule has 1 aromatic heterocycles. The molecule has 0 aliphatic carbocycles. The van der Waals surface area contributed by atoms with Crippen molar-refractivity contribution < 1.29 is 8.78 Å². The minimum absolute atomic E-state index is 0.301. The fraction of sp³-hybridized carbons (Fsp3) is 0.417. The van der Waals surface area contributed by atoms with E-state index in [1.807, 2.05) is 0 Å². The van der Waals surface area contributed by atoms with E-state index in [2.05, 4.69) is 25.9 Å². The first-order chi connectivity index (χ1) is 9.22. The minimum Gasteiger partial charge on any atom is -0.317 e. The van der Waals surface area contributed by atoms with Crippen LogP contribution in [0.2, 0.25) is 0 Å². The van der Waals surface area contributed by atoms with E-state index in [0.29, 0.717) is 37.3 Å². The quantitative estimate of drug-likeness (QED) is 0.854. The van der Waals surface area contributed by atoms with E-state index in [1.165, 1.54) is 6.07 Å². The summed E-state index contributed by atoms with van der Waals surface area (Å²) in [6.07, 6.45) is 1.21. The molecule has 1 fully saturated rings. The topological polar surface area (TPSA) is 66.5 Å². The number of aromatic nitrogens is 4. The second kappa shape index (κ2) is 4.65. The zero-order valence-electron chi connectivity index (χ0n) is 10.2. The monoisotopic (exact) mass is 265 g/mol. The number of rotatable bonds is 2. The van der Waals surface area contributed by atoms with Crippen LogP contribution >= 0.6 is 0 Å². The van der Waals surface area contributed by atoms with E-state index in [4.69, 9.17) is 0 Å². The van der Waals surface area contributed by atoms with Gasteiger partial charge in [-0.15, -0.1) is 10.2 Å². The van der Waals surface area contributed by atoms with Gasteiger partial charge in [-0.05, 0) is 44.1 Å². The molecule has 0 spiro atoms. The first-order valence-corrected chi connectivity index (χ1v) is 6.12. The van der Waals surface area contributed by atoms with E-state index in [-0.39, 0.29) is 0 Å². The van der Waals surface area contributed by atoms with Crippen LogP contribution in [-0.4, -0.2) is 33.7 Å². The zero-order valence-corrected chi connectivity index (χ0v) is 10.2. The molecule has 0 radical (unpaired) electrons. The van der Waals surface area contributed by atoms with Gasteiger partial charge < -0.3 is 5.32 Å². The van der Waals surface area contributed by atoms with Gasteiger partial charge in [-0.2, -0.15) is 5.21 Å². The van der Waals surface area contributed by atoms with Crippen molar-refractivity contribution in [2.75, 3.05) is 13.1 Å². The third-order valence-electron chi connectivity index (χ3n) is 3.67. The molecular weight excluding hydrogens is 252 g/mol. The molecule has 0 unspecified atom stereocenters. The summed E-state index contributed by atoms with van der Waals surface area (Å²) in [5, 5.41) is 17.1. The van der Waals surface area contributed by atoms with Gasteiger partial charge >= 0.3 is 0 Å². The Bertz CT molecular complexity index is 564. The van der Waals surface area contributed by atoms with Gasteiger partial charge in [0.05, 0.1) is 5.41 Å². The van der Waals surface area contributed by atoms with Crippen LogP contribution in [-0.2, 0) is 5.41 Å². The number of tetrazole rings is 1. The largest absolute Gasteiger partial charge is 0.317 e. The Kier molecular flexibility index (Phi) is 2.98. The first-order valence-electron chi connectivity index (χ1n) is 6.12. The third-order valence-corrected chi connectivity index (χ3v) is 3.67. The number of halogens is 2. The van der Waals surface area contributed by atoms with Crippen LogP contribution in [0, 0.1) is 11.6 Å². The number of H-pyrrole nitrogens is 1. The number of hydrogen-bond donors (Lipinski definition) is 2. The Morgan fingerprint density at radius 1 is 1.16 bits per heavy atom. The highest BCUT2D eigenvalue weighted by atomic mass is 19.1. The van der Waals surface area contributed by atoms with Crippen molar-refractivity contribution in [3.8, 4) is 0 Å². The molecule has 100 valence electrons. The summed E-state index contributed by atoms with van der Waals surface area (Å²) >= 11 is 0. The van der Waals surface area contributed by atoms with E-state index >= 15 is 0 Å². The van der Waals surface area contributed by atoms with Gasteiger partial charge in [-0.3, -0.25) is 0 Å². The van der Waals surface area contributed by atoms with Crippen molar-refractivity contribution >= 4 is 0 Å². The molecule has 3 rings (SSSR count). The molecule has 1 saturated heterocycles. The van der Waals surface area contributed by atoms with Crippen molar-refractivity contribution in [2.45, 2.75) is 18.3 Å². The highest BCUT2D eigenvalue weighted by molar-refractivity contribution is 5.35. The van der Waals surface area contributed by atoms with Gasteiger partial charge in [0.2, 0.25) is 0 Å². The van der Waals surface area contributed by atoms with Gasteiger partial charge in [0.25, 0.3) is 0 Å². The average molecular weight is 265 g/mol. The molecular formula is C12H13F2N5. The molecule has 0 atom stereocenters.